The number of rotatable bonds is 3. The van der Waals surface area contributed by atoms with Crippen molar-refractivity contribution in [3.05, 3.63) is 48.0 Å². The summed E-state index contributed by atoms with van der Waals surface area (Å²) in [4.78, 5) is 12.1. The van der Waals surface area contributed by atoms with Crippen LogP contribution in [0.25, 0.3) is 11.3 Å². The Labute approximate surface area is 145 Å². The Hall–Kier alpha value is -2.67. The molecule has 1 aromatic carbocycles. The van der Waals surface area contributed by atoms with Crippen LogP contribution in [0, 0.1) is 5.82 Å². The van der Waals surface area contributed by atoms with Gasteiger partial charge in [-0.3, -0.25) is 5.32 Å². The van der Waals surface area contributed by atoms with Crippen molar-refractivity contribution in [3.63, 3.8) is 0 Å². The van der Waals surface area contributed by atoms with Crippen molar-refractivity contribution in [2.75, 3.05) is 18.5 Å². The molecule has 7 heteroatoms. The van der Waals surface area contributed by atoms with Gasteiger partial charge in [0.15, 0.2) is 0 Å². The van der Waals surface area contributed by atoms with E-state index in [1.807, 2.05) is 6.08 Å². The van der Waals surface area contributed by atoms with Crippen LogP contribution in [-0.4, -0.2) is 34.7 Å². The van der Waals surface area contributed by atoms with Crippen LogP contribution in [0.15, 0.2) is 36.5 Å². The maximum Gasteiger partial charge on any atom is 0.412 e. The number of ether oxygens (including phenoxy) is 2. The van der Waals surface area contributed by atoms with Crippen molar-refractivity contribution >= 4 is 17.4 Å². The molecule has 0 atom stereocenters. The first-order chi connectivity index (χ1) is 11.8. The first kappa shape index (κ1) is 17.2. The lowest BCUT2D eigenvalue weighted by Crippen LogP contribution is -2.27. The van der Waals surface area contributed by atoms with Crippen LogP contribution in [0.2, 0.25) is 0 Å². The molecule has 2 heterocycles. The number of carbonyl (C=O) groups is 1. The summed E-state index contributed by atoms with van der Waals surface area (Å²) in [5.41, 5.74) is 1.94. The lowest BCUT2D eigenvalue weighted by atomic mass is 10.1. The fraction of sp³-hybridized carbons (Fsp3) is 0.333. The number of carbonyl (C=O) groups excluding carboxylic acids is 1. The van der Waals surface area contributed by atoms with Gasteiger partial charge in [-0.15, -0.1) is 0 Å². The third-order valence-electron chi connectivity index (χ3n) is 3.47. The van der Waals surface area contributed by atoms with E-state index in [9.17, 15) is 9.18 Å². The Morgan fingerprint density at radius 3 is 2.84 bits per heavy atom. The second-order valence-electron chi connectivity index (χ2n) is 6.67. The summed E-state index contributed by atoms with van der Waals surface area (Å²) in [6.07, 6.45) is 2.85. The molecule has 1 aliphatic rings. The summed E-state index contributed by atoms with van der Waals surface area (Å²) in [7, 11) is 0. The maximum absolute atomic E-state index is 13.6. The van der Waals surface area contributed by atoms with E-state index in [1.54, 1.807) is 37.6 Å². The highest BCUT2D eigenvalue weighted by Gasteiger charge is 2.23. The van der Waals surface area contributed by atoms with Gasteiger partial charge >= 0.3 is 6.09 Å². The lowest BCUT2D eigenvalue weighted by Gasteiger charge is -2.20. The van der Waals surface area contributed by atoms with E-state index in [1.165, 1.54) is 18.3 Å². The van der Waals surface area contributed by atoms with Crippen LogP contribution in [0.4, 0.5) is 14.9 Å². The van der Waals surface area contributed by atoms with Crippen LogP contribution in [0.3, 0.4) is 0 Å². The molecular weight excluding hydrogens is 325 g/mol. The molecule has 1 aromatic heterocycles. The third-order valence-corrected chi connectivity index (χ3v) is 3.47. The zero-order valence-corrected chi connectivity index (χ0v) is 14.4. The number of aromatic nitrogens is 2. The smallest absolute Gasteiger partial charge is 0.412 e. The van der Waals surface area contributed by atoms with Gasteiger partial charge in [-0.25, -0.2) is 13.9 Å². The number of amides is 1. The Kier molecular flexibility index (Phi) is 4.59. The predicted molar refractivity (Wildman–Crippen MR) is 92.2 cm³/mol. The van der Waals surface area contributed by atoms with Crippen LogP contribution < -0.4 is 5.32 Å². The molecule has 0 saturated carbocycles. The average Bonchev–Trinajstić information content (AvgIpc) is 3.14. The Morgan fingerprint density at radius 1 is 1.40 bits per heavy atom. The number of nitrogens with one attached hydrogen (secondary N) is 1. The fourth-order valence-corrected chi connectivity index (χ4v) is 2.52. The van der Waals surface area contributed by atoms with Gasteiger partial charge in [0, 0.05) is 5.57 Å². The van der Waals surface area contributed by atoms with Crippen molar-refractivity contribution in [2.24, 2.45) is 0 Å². The molecule has 25 heavy (non-hydrogen) atoms. The summed E-state index contributed by atoms with van der Waals surface area (Å²) in [5, 5.41) is 7.02. The summed E-state index contributed by atoms with van der Waals surface area (Å²) in [6, 6.07) is 6.10. The van der Waals surface area contributed by atoms with Crippen LogP contribution in [-0.2, 0) is 9.47 Å². The van der Waals surface area contributed by atoms with E-state index in [4.69, 9.17) is 9.47 Å². The van der Waals surface area contributed by atoms with E-state index in [0.29, 0.717) is 30.3 Å². The van der Waals surface area contributed by atoms with E-state index >= 15 is 0 Å². The molecule has 0 radical (unpaired) electrons. The highest BCUT2D eigenvalue weighted by molar-refractivity contribution is 5.89. The van der Waals surface area contributed by atoms with Gasteiger partial charge in [-0.05, 0) is 39.0 Å². The van der Waals surface area contributed by atoms with Gasteiger partial charge in [0.1, 0.15) is 11.4 Å². The number of benzene rings is 1. The van der Waals surface area contributed by atoms with Crippen molar-refractivity contribution in [1.82, 2.24) is 9.78 Å². The van der Waals surface area contributed by atoms with Gasteiger partial charge < -0.3 is 9.47 Å². The van der Waals surface area contributed by atoms with Gasteiger partial charge in [0.05, 0.1) is 36.5 Å². The second-order valence-corrected chi connectivity index (χ2v) is 6.67. The van der Waals surface area contributed by atoms with Crippen molar-refractivity contribution in [3.8, 4) is 5.69 Å². The molecule has 0 spiro atoms. The summed E-state index contributed by atoms with van der Waals surface area (Å²) >= 11 is 0. The average molecular weight is 345 g/mol. The standard InChI is InChI=1S/C18H20FN3O3/c1-18(2,3)25-17(23)21-15-10-20-22(14-6-4-5-13(19)9-14)16(15)12-7-8-24-11-12/h4-7,9-10H,8,11H2,1-3H3,(H,21,23). The Morgan fingerprint density at radius 2 is 2.20 bits per heavy atom. The Balaban J connectivity index is 1.98. The molecule has 132 valence electrons. The normalized spacial score (nSPS) is 14.3. The molecule has 0 aliphatic carbocycles. The topological polar surface area (TPSA) is 65.4 Å². The quantitative estimate of drug-likeness (QED) is 0.920. The summed E-state index contributed by atoms with van der Waals surface area (Å²) in [5.74, 6) is -0.364. The van der Waals surface area contributed by atoms with Gasteiger partial charge in [0.2, 0.25) is 0 Å². The zero-order chi connectivity index (χ0) is 18.0. The predicted octanol–water partition coefficient (Wildman–Crippen LogP) is 3.77. The van der Waals surface area contributed by atoms with E-state index in [0.717, 1.165) is 5.57 Å². The molecule has 1 amide bonds. The van der Waals surface area contributed by atoms with E-state index < -0.39 is 11.7 Å². The number of nitrogens with zero attached hydrogens (tertiary/aromatic N) is 2. The van der Waals surface area contributed by atoms with Crippen LogP contribution in [0.5, 0.6) is 0 Å². The van der Waals surface area contributed by atoms with Crippen molar-refractivity contribution in [1.29, 1.82) is 0 Å². The first-order valence-electron chi connectivity index (χ1n) is 7.94. The lowest BCUT2D eigenvalue weighted by molar-refractivity contribution is 0.0636. The molecule has 2 aromatic rings. The minimum Gasteiger partial charge on any atom is -0.444 e. The SMILES string of the molecule is CC(C)(C)OC(=O)Nc1cnn(-c2cccc(F)c2)c1C1=CCOC1. The molecule has 3 rings (SSSR count). The highest BCUT2D eigenvalue weighted by Crippen LogP contribution is 2.29. The number of hydrogen-bond donors (Lipinski definition) is 1. The molecule has 6 nitrogen and oxygen atoms in total. The molecule has 1 N–H and O–H groups in total. The highest BCUT2D eigenvalue weighted by atomic mass is 19.1. The van der Waals surface area contributed by atoms with E-state index in [-0.39, 0.29) is 5.82 Å². The number of halogens is 1. The number of anilines is 1. The van der Waals surface area contributed by atoms with Crippen molar-refractivity contribution < 1.29 is 18.7 Å². The molecule has 0 bridgehead atoms. The van der Waals surface area contributed by atoms with Gasteiger partial charge in [-0.2, -0.15) is 5.10 Å². The summed E-state index contributed by atoms with van der Waals surface area (Å²) < 4.78 is 25.9. The third kappa shape index (κ3) is 4.06. The van der Waals surface area contributed by atoms with Crippen LogP contribution >= 0.6 is 0 Å². The minimum atomic E-state index is -0.613. The molecule has 1 aliphatic heterocycles. The molecular formula is C18H20FN3O3. The molecule has 0 fully saturated rings. The van der Waals surface area contributed by atoms with Gasteiger partial charge in [0.25, 0.3) is 0 Å². The largest absolute Gasteiger partial charge is 0.444 e. The first-order valence-corrected chi connectivity index (χ1v) is 7.94. The van der Waals surface area contributed by atoms with Gasteiger partial charge in [-0.1, -0.05) is 12.1 Å². The zero-order valence-electron chi connectivity index (χ0n) is 14.4. The minimum absolute atomic E-state index is 0.364. The Bertz CT molecular complexity index is 821. The fourth-order valence-electron chi connectivity index (χ4n) is 2.52. The van der Waals surface area contributed by atoms with E-state index in [2.05, 4.69) is 10.4 Å². The second kappa shape index (κ2) is 6.68. The maximum atomic E-state index is 13.6. The van der Waals surface area contributed by atoms with Crippen LogP contribution in [0.1, 0.15) is 26.5 Å². The number of hydrogen-bond acceptors (Lipinski definition) is 4. The monoisotopic (exact) mass is 345 g/mol. The molecule has 0 unspecified atom stereocenters. The molecule has 0 saturated heterocycles. The summed E-state index contributed by atoms with van der Waals surface area (Å²) in [6.45, 7) is 6.24. The van der Waals surface area contributed by atoms with Crippen molar-refractivity contribution in [2.45, 2.75) is 26.4 Å².